The Bertz CT molecular complexity index is 1840. The third-order valence-electron chi connectivity index (χ3n) is 9.64. The van der Waals surface area contributed by atoms with Crippen molar-refractivity contribution in [1.82, 2.24) is 20.0 Å². The van der Waals surface area contributed by atoms with Crippen LogP contribution in [-0.4, -0.2) is 74.6 Å². The molecule has 2 saturated heterocycles. The number of hydrogen-bond donors (Lipinski definition) is 3. The second-order valence-corrected chi connectivity index (χ2v) is 17.0. The first-order valence-corrected chi connectivity index (χ1v) is 18.1. The van der Waals surface area contributed by atoms with Crippen molar-refractivity contribution in [3.8, 4) is 6.07 Å². The minimum atomic E-state index is -1.77. The number of likely N-dealkylation sites (tertiary alicyclic amines) is 1. The fourth-order valence-electron chi connectivity index (χ4n) is 7.42. The summed E-state index contributed by atoms with van der Waals surface area (Å²) in [4.78, 5) is 28.5. The number of nitrogens with zero attached hydrogens (tertiary/aromatic N) is 4. The van der Waals surface area contributed by atoms with E-state index in [0.717, 1.165) is 6.07 Å². The topological polar surface area (TPSA) is 133 Å². The number of halogens is 4. The summed E-state index contributed by atoms with van der Waals surface area (Å²) in [6, 6.07) is 10.2. The highest BCUT2D eigenvalue weighted by atomic mass is 35.5. The molecule has 3 N–H and O–H groups in total. The predicted molar refractivity (Wildman–Crippen MR) is 195 cm³/mol. The van der Waals surface area contributed by atoms with Crippen LogP contribution in [0.5, 0.6) is 0 Å². The Kier molecular flexibility index (Phi) is 11.4. The lowest BCUT2D eigenvalue weighted by Gasteiger charge is -2.37. The number of hydrogen-bond acceptors (Lipinski definition) is 8. The predicted octanol–water partition coefficient (Wildman–Crippen LogP) is 6.60. The van der Waals surface area contributed by atoms with Gasteiger partial charge in [0.1, 0.15) is 22.7 Å². The molecule has 52 heavy (non-hydrogen) atoms. The van der Waals surface area contributed by atoms with Gasteiger partial charge in [-0.15, -0.1) is 0 Å². The molecule has 14 heteroatoms. The maximum atomic E-state index is 16.0. The van der Waals surface area contributed by atoms with Crippen LogP contribution in [0.3, 0.4) is 0 Å². The van der Waals surface area contributed by atoms with Crippen molar-refractivity contribution >= 4 is 40.9 Å². The Morgan fingerprint density at radius 2 is 1.81 bits per heavy atom. The van der Waals surface area contributed by atoms with Gasteiger partial charge in [-0.1, -0.05) is 62.2 Å². The van der Waals surface area contributed by atoms with E-state index in [9.17, 15) is 20.0 Å². The SMILES string of the molecule is CC(C)(C)C[C@@H]1N[C@@H](C(=O)Nc2ccn(CC3(O)CCN(CC(=O)OC(C)(C)C)CC3)n2)[C@H](c2cccc(Cl)c2F)[C@@]1(C#N)c1ccc(Cl)cc1F. The van der Waals surface area contributed by atoms with E-state index < -0.39 is 57.6 Å². The average Bonchev–Trinajstić information content (AvgIpc) is 3.59. The first-order valence-electron chi connectivity index (χ1n) is 17.3. The molecule has 3 aromatic rings. The largest absolute Gasteiger partial charge is 0.459 e. The molecule has 1 aromatic heterocycles. The van der Waals surface area contributed by atoms with Crippen LogP contribution in [0, 0.1) is 28.4 Å². The molecule has 1 amide bonds. The number of rotatable bonds is 9. The highest BCUT2D eigenvalue weighted by Gasteiger charge is 2.61. The monoisotopic (exact) mass is 758 g/mol. The fourth-order valence-corrected chi connectivity index (χ4v) is 7.76. The molecule has 10 nitrogen and oxygen atoms in total. The molecule has 0 saturated carbocycles. The van der Waals surface area contributed by atoms with Crippen LogP contribution in [0.25, 0.3) is 0 Å². The summed E-state index contributed by atoms with van der Waals surface area (Å²) in [6.07, 6.45) is 2.74. The number of anilines is 1. The van der Waals surface area contributed by atoms with Gasteiger partial charge in [-0.25, -0.2) is 8.78 Å². The van der Waals surface area contributed by atoms with E-state index >= 15 is 8.78 Å². The maximum Gasteiger partial charge on any atom is 0.320 e. The van der Waals surface area contributed by atoms with Crippen molar-refractivity contribution in [3.05, 3.63) is 81.5 Å². The van der Waals surface area contributed by atoms with Gasteiger partial charge in [0.2, 0.25) is 5.91 Å². The average molecular weight is 760 g/mol. The zero-order chi connectivity index (χ0) is 38.2. The van der Waals surface area contributed by atoms with Crippen molar-refractivity contribution < 1.29 is 28.2 Å². The second-order valence-electron chi connectivity index (χ2n) is 16.2. The molecule has 0 unspecified atom stereocenters. The van der Waals surface area contributed by atoms with E-state index in [-0.39, 0.29) is 46.0 Å². The molecule has 2 aromatic carbocycles. The lowest BCUT2D eigenvalue weighted by Crippen LogP contribution is -2.48. The Morgan fingerprint density at radius 1 is 1.12 bits per heavy atom. The number of ether oxygens (including phenoxy) is 1. The van der Waals surface area contributed by atoms with Crippen molar-refractivity contribution in [2.75, 3.05) is 25.0 Å². The van der Waals surface area contributed by atoms with Gasteiger partial charge in [0.15, 0.2) is 5.82 Å². The van der Waals surface area contributed by atoms with Crippen molar-refractivity contribution in [2.24, 2.45) is 5.41 Å². The van der Waals surface area contributed by atoms with Gasteiger partial charge in [0, 0.05) is 47.9 Å². The highest BCUT2D eigenvalue weighted by molar-refractivity contribution is 6.31. The van der Waals surface area contributed by atoms with E-state index in [1.807, 2.05) is 46.4 Å². The normalized spacial score (nSPS) is 23.6. The Hall–Kier alpha value is -3.60. The number of carbonyl (C=O) groups is 2. The lowest BCUT2D eigenvalue weighted by atomic mass is 9.62. The first-order chi connectivity index (χ1) is 24.2. The van der Waals surface area contributed by atoms with Crippen LogP contribution in [0.4, 0.5) is 14.6 Å². The minimum absolute atomic E-state index is 0.0155. The third kappa shape index (κ3) is 8.77. The molecule has 0 radical (unpaired) electrons. The highest BCUT2D eigenvalue weighted by Crippen LogP contribution is 2.53. The molecule has 3 heterocycles. The smallest absolute Gasteiger partial charge is 0.320 e. The molecule has 4 atom stereocenters. The molecule has 2 aliphatic heterocycles. The zero-order valence-corrected chi connectivity index (χ0v) is 31.8. The molecule has 2 aliphatic rings. The van der Waals surface area contributed by atoms with Gasteiger partial charge in [-0.3, -0.25) is 19.2 Å². The van der Waals surface area contributed by atoms with Crippen molar-refractivity contribution in [2.45, 2.75) is 102 Å². The maximum absolute atomic E-state index is 16.0. The number of nitriles is 1. The van der Waals surface area contributed by atoms with Crippen LogP contribution in [0.2, 0.25) is 10.0 Å². The summed E-state index contributed by atoms with van der Waals surface area (Å²) in [5.41, 5.74) is -3.88. The lowest BCUT2D eigenvalue weighted by molar-refractivity contribution is -0.157. The van der Waals surface area contributed by atoms with E-state index in [0.29, 0.717) is 32.4 Å². The molecule has 280 valence electrons. The van der Waals surface area contributed by atoms with E-state index in [2.05, 4.69) is 21.8 Å². The number of aliphatic hydroxyl groups is 1. The van der Waals surface area contributed by atoms with Crippen LogP contribution in [0.15, 0.2) is 48.7 Å². The van der Waals surface area contributed by atoms with Gasteiger partial charge in [-0.05, 0) is 69.2 Å². The first kappa shape index (κ1) is 39.6. The third-order valence-corrected chi connectivity index (χ3v) is 10.2. The zero-order valence-electron chi connectivity index (χ0n) is 30.3. The molecule has 0 bridgehead atoms. The molecule has 2 fully saturated rings. The number of esters is 1. The van der Waals surface area contributed by atoms with Crippen LogP contribution < -0.4 is 10.6 Å². The number of nitrogens with one attached hydrogen (secondary N) is 2. The summed E-state index contributed by atoms with van der Waals surface area (Å²) >= 11 is 12.4. The molecular weight excluding hydrogens is 713 g/mol. The van der Waals surface area contributed by atoms with Crippen LogP contribution in [0.1, 0.15) is 77.8 Å². The van der Waals surface area contributed by atoms with Gasteiger partial charge in [-0.2, -0.15) is 10.4 Å². The minimum Gasteiger partial charge on any atom is -0.459 e. The fraction of sp³-hybridized carbons (Fsp3) is 0.526. The van der Waals surface area contributed by atoms with Crippen LogP contribution in [-0.2, 0) is 26.3 Å². The number of benzene rings is 2. The van der Waals surface area contributed by atoms with Crippen molar-refractivity contribution in [1.29, 1.82) is 5.26 Å². The summed E-state index contributed by atoms with van der Waals surface area (Å²) in [5, 5.41) is 32.9. The van der Waals surface area contributed by atoms with Crippen molar-refractivity contribution in [3.63, 3.8) is 0 Å². The number of amides is 1. The summed E-state index contributed by atoms with van der Waals surface area (Å²) in [5.74, 6) is -3.56. The number of aromatic nitrogens is 2. The van der Waals surface area contributed by atoms with E-state index in [1.165, 1.54) is 35.0 Å². The van der Waals surface area contributed by atoms with E-state index in [4.69, 9.17) is 27.9 Å². The second kappa shape index (κ2) is 15.0. The quantitative estimate of drug-likeness (QED) is 0.208. The Balaban J connectivity index is 1.40. The van der Waals surface area contributed by atoms with E-state index in [1.54, 1.807) is 12.3 Å². The van der Waals surface area contributed by atoms with Gasteiger partial charge in [0.25, 0.3) is 0 Å². The van der Waals surface area contributed by atoms with Gasteiger partial charge < -0.3 is 20.5 Å². The molecule has 5 rings (SSSR count). The number of carbonyl (C=O) groups excluding carboxylic acids is 2. The molecule has 0 spiro atoms. The summed E-state index contributed by atoms with van der Waals surface area (Å²) in [7, 11) is 0. The summed E-state index contributed by atoms with van der Waals surface area (Å²) < 4.78 is 38.8. The molecule has 0 aliphatic carbocycles. The van der Waals surface area contributed by atoms with Gasteiger partial charge >= 0.3 is 5.97 Å². The van der Waals surface area contributed by atoms with Crippen LogP contribution >= 0.6 is 23.2 Å². The standard InChI is InChI=1S/C38H46Cl2F2N6O4/c1-35(2,3)19-28-38(21-43,25-11-10-23(39)18-27(25)41)31(24-8-7-9-26(40)32(24)42)33(44-28)34(50)45-29-12-15-48(46-29)22-37(51)13-16-47(17-14-37)20-30(49)52-36(4,5)6/h7-12,15,18,28,31,33,44,51H,13-14,16-17,19-20,22H2,1-6H3,(H,45,46,50)/t28-,31-,33+,38-/m0/s1. The Morgan fingerprint density at radius 3 is 2.42 bits per heavy atom. The summed E-state index contributed by atoms with van der Waals surface area (Å²) in [6.45, 7) is 12.6. The number of piperidine rings is 1. The Labute approximate surface area is 313 Å². The molecular formula is C38H46Cl2F2N6O4. The van der Waals surface area contributed by atoms with Gasteiger partial charge in [0.05, 0.1) is 35.8 Å².